The molecule has 0 spiro atoms. The van der Waals surface area contributed by atoms with Crippen molar-refractivity contribution < 1.29 is 32.2 Å². The molecule has 0 heterocycles. The second-order valence-electron chi connectivity index (χ2n) is 10.3. The summed E-state index contributed by atoms with van der Waals surface area (Å²) in [6, 6.07) is 0. The Morgan fingerprint density at radius 1 is 1.08 bits per heavy atom. The largest absolute Gasteiger partial charge is 0.572 e. The van der Waals surface area contributed by atoms with Crippen molar-refractivity contribution in [1.29, 1.82) is 0 Å². The predicted octanol–water partition coefficient (Wildman–Crippen LogP) is 7.27. The van der Waals surface area contributed by atoms with Crippen molar-refractivity contribution in [2.24, 2.45) is 5.41 Å². The minimum Gasteiger partial charge on any atom is -0.414 e. The number of hydrogen-bond acceptors (Lipinski definition) is 4. The van der Waals surface area contributed by atoms with Crippen LogP contribution < -0.4 is 10.6 Å². The summed E-state index contributed by atoms with van der Waals surface area (Å²) in [7, 11) is 0. The number of hydrogen-bond donors (Lipinski definition) is 2. The number of alkyl halides is 5. The molecule has 11 heteroatoms. The summed E-state index contributed by atoms with van der Waals surface area (Å²) in [6.45, 7) is 11.8. The molecule has 0 aromatic heterocycles. The third-order valence-electron chi connectivity index (χ3n) is 7.08. The third-order valence-corrected chi connectivity index (χ3v) is 8.22. The highest BCUT2D eigenvalue weighted by Gasteiger charge is 2.64. The van der Waals surface area contributed by atoms with Gasteiger partial charge < -0.3 is 20.1 Å². The molecule has 4 saturated carbocycles. The van der Waals surface area contributed by atoms with Crippen molar-refractivity contribution >= 4 is 35.0 Å². The van der Waals surface area contributed by atoms with E-state index < -0.39 is 11.8 Å². The number of unbranched alkanes of at least 4 members (excludes halogenated alkanes) is 1. The van der Waals surface area contributed by atoms with Crippen LogP contribution >= 0.6 is 23.2 Å². The lowest BCUT2D eigenvalue weighted by Gasteiger charge is -2.46. The van der Waals surface area contributed by atoms with Crippen molar-refractivity contribution in [1.82, 2.24) is 10.6 Å². The SMILES string of the molecule is C/C(=C\OC(F)(F)F)C/C=C/NC(=O)C12CCC(NC(=O)COC3CCC(Cl)C(Cl)C3)(C1)C2.C=C.CCCC. The summed E-state index contributed by atoms with van der Waals surface area (Å²) in [5.74, 6) is -0.343. The molecule has 0 aromatic rings. The van der Waals surface area contributed by atoms with E-state index in [1.807, 2.05) is 0 Å². The fourth-order valence-electron chi connectivity index (χ4n) is 4.97. The molecule has 224 valence electrons. The molecule has 0 aliphatic heterocycles. The summed E-state index contributed by atoms with van der Waals surface area (Å²) in [6.07, 6.45) is 6.36. The number of fused-ring (bicyclic) bond motifs is 1. The van der Waals surface area contributed by atoms with Crippen LogP contribution in [-0.4, -0.2) is 47.2 Å². The van der Waals surface area contributed by atoms with Gasteiger partial charge in [-0.15, -0.1) is 49.5 Å². The molecular formula is C28H43Cl2F3N2O4. The number of ether oxygens (including phenoxy) is 2. The first-order valence-electron chi connectivity index (χ1n) is 13.4. The van der Waals surface area contributed by atoms with Gasteiger partial charge in [0.15, 0.2) is 0 Å². The highest BCUT2D eigenvalue weighted by atomic mass is 35.5. The average molecular weight is 600 g/mol. The molecule has 3 unspecified atom stereocenters. The summed E-state index contributed by atoms with van der Waals surface area (Å²) < 4.78 is 45.4. The molecule has 39 heavy (non-hydrogen) atoms. The van der Waals surface area contributed by atoms with Gasteiger partial charge in [0.2, 0.25) is 11.8 Å². The van der Waals surface area contributed by atoms with E-state index in [-0.39, 0.29) is 47.2 Å². The molecule has 0 radical (unpaired) electrons. The van der Waals surface area contributed by atoms with Crippen molar-refractivity contribution in [3.63, 3.8) is 0 Å². The van der Waals surface area contributed by atoms with Gasteiger partial charge in [-0.2, -0.15) is 0 Å². The lowest BCUT2D eigenvalue weighted by Crippen LogP contribution is -2.59. The standard InChI is InChI=1S/C22H29Cl2F3N2O4.C4H10.C2H4/c1-14(10-33-22(25,26)27)3-2-8-28-19(31)20-6-7-21(12-20,13-20)29-18(30)11-32-15-4-5-16(23)17(24)9-15;1-3-4-2;1-2/h2,8,10,15-17H,3-7,9,11-13H2,1H3,(H,28,31)(H,29,30);3-4H2,1-2H3;1-2H2/b8-2+,14-10+;;. The lowest BCUT2D eigenvalue weighted by molar-refractivity contribution is -0.298. The second-order valence-corrected chi connectivity index (χ2v) is 11.5. The Balaban J connectivity index is 0.00000116. The van der Waals surface area contributed by atoms with Gasteiger partial charge in [0.25, 0.3) is 0 Å². The van der Waals surface area contributed by atoms with E-state index in [1.54, 1.807) is 6.08 Å². The molecule has 6 nitrogen and oxygen atoms in total. The number of halogens is 5. The highest BCUT2D eigenvalue weighted by molar-refractivity contribution is 6.30. The smallest absolute Gasteiger partial charge is 0.414 e. The van der Waals surface area contributed by atoms with E-state index in [2.05, 4.69) is 42.4 Å². The Bertz CT molecular complexity index is 843. The summed E-state index contributed by atoms with van der Waals surface area (Å²) in [5, 5.41) is 5.52. The Kier molecular flexibility index (Phi) is 15.0. The zero-order valence-electron chi connectivity index (χ0n) is 23.2. The first kappa shape index (κ1) is 35.3. The maximum atomic E-state index is 12.6. The molecule has 2 bridgehead atoms. The normalized spacial score (nSPS) is 29.7. The van der Waals surface area contributed by atoms with Crippen molar-refractivity contribution in [2.75, 3.05) is 6.61 Å². The fraction of sp³-hybridized carbons (Fsp3) is 0.714. The van der Waals surface area contributed by atoms with Crippen LogP contribution in [0.5, 0.6) is 0 Å². The molecule has 0 aromatic carbocycles. The molecular weight excluding hydrogens is 556 g/mol. The second kappa shape index (κ2) is 16.5. The zero-order valence-corrected chi connectivity index (χ0v) is 24.7. The molecule has 2 N–H and O–H groups in total. The number of allylic oxidation sites excluding steroid dienone is 2. The summed E-state index contributed by atoms with van der Waals surface area (Å²) in [5.41, 5.74) is -0.534. The monoisotopic (exact) mass is 598 g/mol. The predicted molar refractivity (Wildman–Crippen MR) is 149 cm³/mol. The van der Waals surface area contributed by atoms with Gasteiger partial charge in [-0.25, -0.2) is 0 Å². The van der Waals surface area contributed by atoms with E-state index in [0.717, 1.165) is 12.8 Å². The molecule has 2 amide bonds. The maximum absolute atomic E-state index is 12.6. The number of carbonyl (C=O) groups is 2. The van der Waals surface area contributed by atoms with E-state index in [1.165, 1.54) is 26.0 Å². The van der Waals surface area contributed by atoms with Crippen LogP contribution in [0.2, 0.25) is 0 Å². The van der Waals surface area contributed by atoms with Gasteiger partial charge in [-0.1, -0.05) is 32.8 Å². The molecule has 0 saturated heterocycles. The number of nitrogens with one attached hydrogen (secondary N) is 2. The lowest BCUT2D eigenvalue weighted by atomic mass is 9.64. The third kappa shape index (κ3) is 11.7. The summed E-state index contributed by atoms with van der Waals surface area (Å²) >= 11 is 12.3. The van der Waals surface area contributed by atoms with Gasteiger partial charge in [-0.05, 0) is 63.9 Å². The first-order chi connectivity index (χ1) is 18.3. The highest BCUT2D eigenvalue weighted by Crippen LogP contribution is 2.61. The van der Waals surface area contributed by atoms with Crippen LogP contribution in [0.1, 0.15) is 85.0 Å². The molecule has 4 rings (SSSR count). The number of amides is 2. The van der Waals surface area contributed by atoms with Gasteiger partial charge in [-0.3, -0.25) is 9.59 Å². The first-order valence-corrected chi connectivity index (χ1v) is 14.3. The van der Waals surface area contributed by atoms with Crippen molar-refractivity contribution in [3.05, 3.63) is 37.3 Å². The van der Waals surface area contributed by atoms with Gasteiger partial charge in [0, 0.05) is 11.7 Å². The zero-order chi connectivity index (χ0) is 29.7. The molecule has 3 atom stereocenters. The van der Waals surface area contributed by atoms with Crippen LogP contribution in [0.4, 0.5) is 13.2 Å². The maximum Gasteiger partial charge on any atom is 0.572 e. The van der Waals surface area contributed by atoms with Crippen LogP contribution in [0, 0.1) is 5.41 Å². The van der Waals surface area contributed by atoms with Crippen molar-refractivity contribution in [2.45, 2.75) is 114 Å². The van der Waals surface area contributed by atoms with E-state index in [0.29, 0.717) is 43.9 Å². The van der Waals surface area contributed by atoms with Gasteiger partial charge in [0.1, 0.15) is 6.61 Å². The fourth-order valence-corrected chi connectivity index (χ4v) is 5.52. The minimum absolute atomic E-state index is 0.0458. The van der Waals surface area contributed by atoms with Crippen LogP contribution in [0.25, 0.3) is 0 Å². The van der Waals surface area contributed by atoms with E-state index >= 15 is 0 Å². The topological polar surface area (TPSA) is 76.7 Å². The molecule has 4 fully saturated rings. The van der Waals surface area contributed by atoms with Crippen molar-refractivity contribution in [3.8, 4) is 0 Å². The Labute approximate surface area is 240 Å². The Morgan fingerprint density at radius 3 is 2.28 bits per heavy atom. The van der Waals surface area contributed by atoms with Crippen LogP contribution in [-0.2, 0) is 19.1 Å². The van der Waals surface area contributed by atoms with E-state index in [9.17, 15) is 22.8 Å². The number of rotatable bonds is 10. The quantitative estimate of drug-likeness (QED) is 0.157. The Morgan fingerprint density at radius 2 is 1.72 bits per heavy atom. The van der Waals surface area contributed by atoms with E-state index in [4.69, 9.17) is 27.9 Å². The average Bonchev–Trinajstić information content (AvgIpc) is 3.43. The van der Waals surface area contributed by atoms with Crippen LogP contribution in [0.3, 0.4) is 0 Å². The molecule has 4 aliphatic carbocycles. The Hall–Kier alpha value is -1.71. The number of carbonyl (C=O) groups excluding carboxylic acids is 2. The molecule has 4 aliphatic rings. The van der Waals surface area contributed by atoms with Gasteiger partial charge in [0.05, 0.1) is 28.5 Å². The minimum atomic E-state index is -4.71. The van der Waals surface area contributed by atoms with Gasteiger partial charge >= 0.3 is 6.36 Å². The summed E-state index contributed by atoms with van der Waals surface area (Å²) in [4.78, 5) is 25.0. The van der Waals surface area contributed by atoms with Crippen LogP contribution in [0.15, 0.2) is 37.3 Å².